The Kier molecular flexibility index (Phi) is 3.07. The van der Waals surface area contributed by atoms with Crippen LogP contribution in [-0.2, 0) is 0 Å². The van der Waals surface area contributed by atoms with E-state index < -0.39 is 0 Å². The Morgan fingerprint density at radius 3 is 2.76 bits per heavy atom. The summed E-state index contributed by atoms with van der Waals surface area (Å²) in [4.78, 5) is 4.69. The third-order valence-electron chi connectivity index (χ3n) is 4.81. The van der Waals surface area contributed by atoms with Gasteiger partial charge in [0.05, 0.1) is 17.4 Å². The van der Waals surface area contributed by atoms with Crippen LogP contribution in [0.3, 0.4) is 0 Å². The molecule has 4 heteroatoms. The van der Waals surface area contributed by atoms with Gasteiger partial charge in [-0.25, -0.2) is 0 Å². The van der Waals surface area contributed by atoms with Crippen molar-refractivity contribution >= 4 is 0 Å². The average molecular weight is 282 g/mol. The van der Waals surface area contributed by atoms with Gasteiger partial charge in [-0.2, -0.15) is 5.10 Å². The summed E-state index contributed by atoms with van der Waals surface area (Å²) >= 11 is 0. The molecule has 0 spiro atoms. The lowest BCUT2D eigenvalue weighted by Gasteiger charge is -2.34. The fraction of sp³-hybridized carbons (Fsp3) is 0.529. The van der Waals surface area contributed by atoms with Gasteiger partial charge in [0.15, 0.2) is 0 Å². The van der Waals surface area contributed by atoms with Crippen molar-refractivity contribution in [3.05, 3.63) is 35.8 Å². The second-order valence-electron chi connectivity index (χ2n) is 6.57. The van der Waals surface area contributed by atoms with E-state index >= 15 is 0 Å². The summed E-state index contributed by atoms with van der Waals surface area (Å²) in [6.45, 7) is 2.85. The fourth-order valence-corrected chi connectivity index (χ4v) is 3.25. The number of hydrogen-bond donors (Lipinski definition) is 1. The van der Waals surface area contributed by atoms with Crippen molar-refractivity contribution in [1.82, 2.24) is 14.8 Å². The van der Waals surface area contributed by atoms with Gasteiger partial charge in [0.25, 0.3) is 0 Å². The molecule has 21 heavy (non-hydrogen) atoms. The molecule has 2 fully saturated rings. The summed E-state index contributed by atoms with van der Waals surface area (Å²) in [6, 6.07) is 6.76. The summed E-state index contributed by atoms with van der Waals surface area (Å²) in [6.07, 6.45) is 7.09. The van der Waals surface area contributed by atoms with Gasteiger partial charge in [-0.05, 0) is 57.2 Å². The van der Waals surface area contributed by atoms with Crippen molar-refractivity contribution in [2.75, 3.05) is 6.54 Å². The highest BCUT2D eigenvalue weighted by molar-refractivity contribution is 5.62. The number of nitrogens with two attached hydrogens (primary N) is 1. The molecule has 0 aromatic carbocycles. The van der Waals surface area contributed by atoms with Crippen LogP contribution in [0.5, 0.6) is 0 Å². The first kappa shape index (κ1) is 13.0. The standard InChI is InChI=1S/C17H22N4/c1-11-3-2-4-16(19-11)15-10-21(14-7-12(8-14)9-18)20-17(15)13-5-6-13/h2-4,10,12-14H,5-9,18H2,1H3. The van der Waals surface area contributed by atoms with Gasteiger partial charge in [0.1, 0.15) is 0 Å². The summed E-state index contributed by atoms with van der Waals surface area (Å²) in [7, 11) is 0. The Bertz CT molecular complexity index is 651. The third-order valence-corrected chi connectivity index (χ3v) is 4.81. The Morgan fingerprint density at radius 2 is 2.10 bits per heavy atom. The molecule has 4 nitrogen and oxygen atoms in total. The Balaban J connectivity index is 1.68. The molecule has 2 N–H and O–H groups in total. The van der Waals surface area contributed by atoms with Crippen molar-refractivity contribution in [3.63, 3.8) is 0 Å². The maximum absolute atomic E-state index is 5.74. The summed E-state index contributed by atoms with van der Waals surface area (Å²) in [5.41, 5.74) is 10.4. The van der Waals surface area contributed by atoms with Gasteiger partial charge in [-0.1, -0.05) is 6.07 Å². The lowest BCUT2D eigenvalue weighted by molar-refractivity contribution is 0.189. The highest BCUT2D eigenvalue weighted by Gasteiger charge is 2.34. The lowest BCUT2D eigenvalue weighted by Crippen LogP contribution is -2.32. The predicted octanol–water partition coefficient (Wildman–Crippen LogP) is 3.04. The summed E-state index contributed by atoms with van der Waals surface area (Å²) in [5, 5.41) is 4.90. The molecule has 0 unspecified atom stereocenters. The van der Waals surface area contributed by atoms with Gasteiger partial charge in [-0.15, -0.1) is 0 Å². The van der Waals surface area contributed by atoms with Gasteiger partial charge in [0, 0.05) is 23.4 Å². The molecular weight excluding hydrogens is 260 g/mol. The number of rotatable bonds is 4. The Morgan fingerprint density at radius 1 is 1.29 bits per heavy atom. The molecular formula is C17H22N4. The minimum absolute atomic E-state index is 0.537. The van der Waals surface area contributed by atoms with Crippen LogP contribution < -0.4 is 5.73 Å². The van der Waals surface area contributed by atoms with Crippen molar-refractivity contribution in [2.24, 2.45) is 11.7 Å². The smallest absolute Gasteiger partial charge is 0.0749 e. The van der Waals surface area contributed by atoms with Crippen LogP contribution in [0.25, 0.3) is 11.3 Å². The molecule has 4 rings (SSSR count). The fourth-order valence-electron chi connectivity index (χ4n) is 3.25. The van der Waals surface area contributed by atoms with Crippen molar-refractivity contribution < 1.29 is 0 Å². The highest BCUT2D eigenvalue weighted by atomic mass is 15.3. The molecule has 0 atom stereocenters. The van der Waals surface area contributed by atoms with Gasteiger partial charge in [-0.3, -0.25) is 9.67 Å². The number of nitrogens with zero attached hydrogens (tertiary/aromatic N) is 3. The Labute approximate surface area is 125 Å². The SMILES string of the molecule is Cc1cccc(-c2cn(C3CC(CN)C3)nc2C2CC2)n1. The van der Waals surface area contributed by atoms with E-state index in [9.17, 15) is 0 Å². The zero-order chi connectivity index (χ0) is 14.4. The van der Waals surface area contributed by atoms with Crippen LogP contribution in [0.15, 0.2) is 24.4 Å². The second kappa shape index (κ2) is 4.95. The minimum atomic E-state index is 0.537. The van der Waals surface area contributed by atoms with Gasteiger partial charge >= 0.3 is 0 Å². The first-order valence-electron chi connectivity index (χ1n) is 7.97. The Hall–Kier alpha value is -1.68. The summed E-state index contributed by atoms with van der Waals surface area (Å²) in [5.74, 6) is 1.33. The molecule has 0 aliphatic heterocycles. The van der Waals surface area contributed by atoms with Crippen LogP contribution in [0.4, 0.5) is 0 Å². The van der Waals surface area contributed by atoms with E-state index in [1.54, 1.807) is 0 Å². The molecule has 2 aliphatic carbocycles. The predicted molar refractivity (Wildman–Crippen MR) is 83.0 cm³/mol. The van der Waals surface area contributed by atoms with Crippen LogP contribution in [0, 0.1) is 12.8 Å². The summed E-state index contributed by atoms with van der Waals surface area (Å²) < 4.78 is 2.18. The zero-order valence-electron chi connectivity index (χ0n) is 12.5. The highest BCUT2D eigenvalue weighted by Crippen LogP contribution is 2.45. The van der Waals surface area contributed by atoms with E-state index in [0.717, 1.165) is 17.9 Å². The molecule has 0 amide bonds. The zero-order valence-corrected chi connectivity index (χ0v) is 12.5. The molecule has 0 bridgehead atoms. The van der Waals surface area contributed by atoms with Gasteiger partial charge < -0.3 is 5.73 Å². The molecule has 2 aliphatic rings. The van der Waals surface area contributed by atoms with E-state index in [0.29, 0.717) is 17.9 Å². The van der Waals surface area contributed by atoms with E-state index in [2.05, 4.69) is 28.0 Å². The number of pyridine rings is 1. The lowest BCUT2D eigenvalue weighted by atomic mass is 9.80. The van der Waals surface area contributed by atoms with Crippen LogP contribution in [0.2, 0.25) is 0 Å². The first-order valence-corrected chi connectivity index (χ1v) is 7.97. The number of aryl methyl sites for hydroxylation is 1. The molecule has 2 saturated carbocycles. The minimum Gasteiger partial charge on any atom is -0.330 e. The van der Waals surface area contributed by atoms with Crippen molar-refractivity contribution in [3.8, 4) is 11.3 Å². The molecule has 2 aromatic rings. The topological polar surface area (TPSA) is 56.7 Å². The quantitative estimate of drug-likeness (QED) is 0.937. The third kappa shape index (κ3) is 2.38. The van der Waals surface area contributed by atoms with Crippen molar-refractivity contribution in [2.45, 2.75) is 44.6 Å². The number of aromatic nitrogens is 3. The normalized spacial score (nSPS) is 24.9. The van der Waals surface area contributed by atoms with Crippen LogP contribution in [0.1, 0.15) is 49.0 Å². The molecule has 0 saturated heterocycles. The van der Waals surface area contributed by atoms with E-state index in [4.69, 9.17) is 10.8 Å². The maximum atomic E-state index is 5.74. The molecule has 2 aromatic heterocycles. The first-order chi connectivity index (χ1) is 10.2. The average Bonchev–Trinajstić information content (AvgIpc) is 3.18. The van der Waals surface area contributed by atoms with Crippen LogP contribution >= 0.6 is 0 Å². The maximum Gasteiger partial charge on any atom is 0.0749 e. The van der Waals surface area contributed by atoms with E-state index in [-0.39, 0.29) is 0 Å². The van der Waals surface area contributed by atoms with Crippen LogP contribution in [-0.4, -0.2) is 21.3 Å². The number of hydrogen-bond acceptors (Lipinski definition) is 3. The molecule has 2 heterocycles. The largest absolute Gasteiger partial charge is 0.330 e. The van der Waals surface area contributed by atoms with E-state index in [1.807, 2.05) is 13.0 Å². The second-order valence-corrected chi connectivity index (χ2v) is 6.57. The van der Waals surface area contributed by atoms with Gasteiger partial charge in [0.2, 0.25) is 0 Å². The molecule has 0 radical (unpaired) electrons. The van der Waals surface area contributed by atoms with E-state index in [1.165, 1.54) is 36.9 Å². The van der Waals surface area contributed by atoms with Crippen molar-refractivity contribution in [1.29, 1.82) is 0 Å². The molecule has 110 valence electrons. The monoisotopic (exact) mass is 282 g/mol.